The van der Waals surface area contributed by atoms with Crippen LogP contribution in [0.1, 0.15) is 30.3 Å². The molecule has 0 radical (unpaired) electrons. The summed E-state index contributed by atoms with van der Waals surface area (Å²) in [4.78, 5) is 35.5. The predicted molar refractivity (Wildman–Crippen MR) is 109 cm³/mol. The van der Waals surface area contributed by atoms with Gasteiger partial charge in [-0.25, -0.2) is 4.98 Å². The quantitative estimate of drug-likeness (QED) is 0.746. The van der Waals surface area contributed by atoms with Crippen LogP contribution < -0.4 is 5.32 Å². The average Bonchev–Trinajstić information content (AvgIpc) is 3.39. The van der Waals surface area contributed by atoms with Crippen molar-refractivity contribution in [3.05, 3.63) is 11.1 Å². The van der Waals surface area contributed by atoms with E-state index in [1.165, 1.54) is 11.3 Å². The molecule has 1 aromatic heterocycles. The topological polar surface area (TPSA) is 87.2 Å². The number of nitrogens with one attached hydrogen (secondary N) is 1. The number of likely N-dealkylation sites (tertiary alicyclic amines) is 1. The summed E-state index contributed by atoms with van der Waals surface area (Å²) in [5.74, 6) is -0.341. The molecular formula is C19H29N5O4S. The second kappa shape index (κ2) is 8.95. The number of rotatable bonds is 5. The molecule has 1 aromatic rings. The first-order chi connectivity index (χ1) is 14.1. The van der Waals surface area contributed by atoms with E-state index in [0.717, 1.165) is 24.5 Å². The Bertz CT molecular complexity index is 718. The highest BCUT2D eigenvalue weighted by atomic mass is 32.1. The normalized spacial score (nSPS) is 22.2. The molecule has 29 heavy (non-hydrogen) atoms. The van der Waals surface area contributed by atoms with Crippen LogP contribution in [0.25, 0.3) is 0 Å². The van der Waals surface area contributed by atoms with Crippen LogP contribution in [-0.2, 0) is 14.3 Å². The molecule has 4 rings (SSSR count). The number of carbonyl (C=O) groups is 2. The lowest BCUT2D eigenvalue weighted by molar-refractivity contribution is -0.187. The molecule has 3 aliphatic heterocycles. The van der Waals surface area contributed by atoms with Gasteiger partial charge in [0, 0.05) is 64.0 Å². The number of hydrogen-bond donors (Lipinski definition) is 1. The van der Waals surface area contributed by atoms with E-state index in [1.54, 1.807) is 5.38 Å². The van der Waals surface area contributed by atoms with E-state index in [2.05, 4.69) is 15.2 Å². The fourth-order valence-corrected chi connectivity index (χ4v) is 4.80. The predicted octanol–water partition coefficient (Wildman–Crippen LogP) is 0.698. The third-order valence-electron chi connectivity index (χ3n) is 5.76. The number of thiazole rings is 1. The molecule has 0 aromatic carbocycles. The van der Waals surface area contributed by atoms with E-state index in [-0.39, 0.29) is 11.8 Å². The fourth-order valence-electron chi connectivity index (χ4n) is 4.05. The molecule has 0 aliphatic carbocycles. The summed E-state index contributed by atoms with van der Waals surface area (Å²) in [6.07, 6.45) is 1.48. The Labute approximate surface area is 174 Å². The highest BCUT2D eigenvalue weighted by molar-refractivity contribution is 7.13. The van der Waals surface area contributed by atoms with Gasteiger partial charge in [0.1, 0.15) is 5.69 Å². The van der Waals surface area contributed by atoms with Gasteiger partial charge in [0.25, 0.3) is 5.91 Å². The molecule has 160 valence electrons. The number of ether oxygens (including phenoxy) is 2. The smallest absolute Gasteiger partial charge is 0.273 e. The molecule has 10 heteroatoms. The van der Waals surface area contributed by atoms with Gasteiger partial charge in [-0.2, -0.15) is 0 Å². The van der Waals surface area contributed by atoms with E-state index in [4.69, 9.17) is 9.47 Å². The van der Waals surface area contributed by atoms with E-state index in [0.29, 0.717) is 64.7 Å². The highest BCUT2D eigenvalue weighted by Gasteiger charge is 2.41. The molecule has 0 unspecified atom stereocenters. The lowest BCUT2D eigenvalue weighted by atomic mass is 10.0. The Balaban J connectivity index is 1.21. The number of amides is 2. The van der Waals surface area contributed by atoms with E-state index < -0.39 is 5.79 Å². The van der Waals surface area contributed by atoms with Gasteiger partial charge in [-0.3, -0.25) is 14.5 Å². The Hall–Kier alpha value is -1.75. The summed E-state index contributed by atoms with van der Waals surface area (Å²) in [7, 11) is 0. The zero-order valence-corrected chi connectivity index (χ0v) is 17.7. The Morgan fingerprint density at radius 2 is 1.79 bits per heavy atom. The first kappa shape index (κ1) is 20.5. The van der Waals surface area contributed by atoms with Crippen molar-refractivity contribution in [2.45, 2.75) is 25.6 Å². The second-order valence-electron chi connectivity index (χ2n) is 7.62. The maximum atomic E-state index is 12.7. The van der Waals surface area contributed by atoms with E-state index in [9.17, 15) is 9.59 Å². The lowest BCUT2D eigenvalue weighted by Crippen LogP contribution is -2.53. The monoisotopic (exact) mass is 423 g/mol. The minimum atomic E-state index is -0.453. The minimum Gasteiger partial charge on any atom is -0.362 e. The molecule has 3 saturated heterocycles. The van der Waals surface area contributed by atoms with Crippen molar-refractivity contribution in [3.63, 3.8) is 0 Å². The van der Waals surface area contributed by atoms with Crippen LogP contribution in [0.15, 0.2) is 5.38 Å². The van der Waals surface area contributed by atoms with Crippen molar-refractivity contribution in [1.82, 2.24) is 19.7 Å². The second-order valence-corrected chi connectivity index (χ2v) is 8.48. The summed E-state index contributed by atoms with van der Waals surface area (Å²) in [6, 6.07) is 0. The SMILES string of the molecule is CCNc1nc(C(=O)N2CCN(CC(=O)N3CCC4(CC3)OCCO4)CC2)cs1. The van der Waals surface area contributed by atoms with Crippen LogP contribution in [0.5, 0.6) is 0 Å². The number of carbonyl (C=O) groups excluding carboxylic acids is 2. The molecule has 0 saturated carbocycles. The van der Waals surface area contributed by atoms with Crippen LogP contribution >= 0.6 is 11.3 Å². The van der Waals surface area contributed by atoms with Gasteiger partial charge < -0.3 is 24.6 Å². The molecule has 2 amide bonds. The summed E-state index contributed by atoms with van der Waals surface area (Å²) in [6.45, 7) is 8.46. The van der Waals surface area contributed by atoms with Crippen LogP contribution in [0.3, 0.4) is 0 Å². The Kier molecular flexibility index (Phi) is 6.33. The number of hydrogen-bond acceptors (Lipinski definition) is 8. The summed E-state index contributed by atoms with van der Waals surface area (Å²) in [5, 5.41) is 5.71. The first-order valence-corrected chi connectivity index (χ1v) is 11.2. The number of nitrogens with zero attached hydrogens (tertiary/aromatic N) is 4. The molecule has 0 bridgehead atoms. The fraction of sp³-hybridized carbons (Fsp3) is 0.737. The molecule has 1 spiro atoms. The number of piperidine rings is 1. The first-order valence-electron chi connectivity index (χ1n) is 10.4. The minimum absolute atomic E-state index is 0.0331. The molecule has 1 N–H and O–H groups in total. The molecule has 4 heterocycles. The largest absolute Gasteiger partial charge is 0.362 e. The highest BCUT2D eigenvalue weighted by Crippen LogP contribution is 2.31. The molecule has 3 fully saturated rings. The molecule has 0 atom stereocenters. The van der Waals surface area contributed by atoms with Crippen LogP contribution in [0.2, 0.25) is 0 Å². The van der Waals surface area contributed by atoms with Crippen LogP contribution in [0, 0.1) is 0 Å². The summed E-state index contributed by atoms with van der Waals surface area (Å²) in [5.41, 5.74) is 0.495. The van der Waals surface area contributed by atoms with Crippen molar-refractivity contribution in [2.75, 3.05) is 70.9 Å². The van der Waals surface area contributed by atoms with Gasteiger partial charge in [-0.15, -0.1) is 11.3 Å². The van der Waals surface area contributed by atoms with E-state index >= 15 is 0 Å². The van der Waals surface area contributed by atoms with Gasteiger partial charge >= 0.3 is 0 Å². The Morgan fingerprint density at radius 1 is 1.10 bits per heavy atom. The van der Waals surface area contributed by atoms with Crippen molar-refractivity contribution in [3.8, 4) is 0 Å². The number of piperazine rings is 1. The molecule has 9 nitrogen and oxygen atoms in total. The van der Waals surface area contributed by atoms with Crippen LogP contribution in [0.4, 0.5) is 5.13 Å². The van der Waals surface area contributed by atoms with Gasteiger partial charge in [-0.1, -0.05) is 0 Å². The van der Waals surface area contributed by atoms with Gasteiger partial charge in [0.15, 0.2) is 10.9 Å². The maximum Gasteiger partial charge on any atom is 0.273 e. The van der Waals surface area contributed by atoms with Crippen molar-refractivity contribution < 1.29 is 19.1 Å². The van der Waals surface area contributed by atoms with Gasteiger partial charge in [0.2, 0.25) is 5.91 Å². The zero-order valence-electron chi connectivity index (χ0n) is 16.9. The standard InChI is InChI=1S/C19H29N5O4S/c1-2-20-18-21-15(14-29-18)17(26)24-9-7-22(8-10-24)13-16(25)23-5-3-19(4-6-23)27-11-12-28-19/h14H,2-13H2,1H3,(H,20,21). The number of anilines is 1. The van der Waals surface area contributed by atoms with Crippen molar-refractivity contribution in [1.29, 1.82) is 0 Å². The number of aromatic nitrogens is 1. The average molecular weight is 424 g/mol. The van der Waals surface area contributed by atoms with Crippen molar-refractivity contribution >= 4 is 28.3 Å². The summed E-state index contributed by atoms with van der Waals surface area (Å²) >= 11 is 1.45. The third-order valence-corrected chi connectivity index (χ3v) is 6.56. The molecular weight excluding hydrogens is 394 g/mol. The van der Waals surface area contributed by atoms with E-state index in [1.807, 2.05) is 16.7 Å². The van der Waals surface area contributed by atoms with Crippen molar-refractivity contribution in [2.24, 2.45) is 0 Å². The van der Waals surface area contributed by atoms with Crippen LogP contribution in [-0.4, -0.2) is 103 Å². The third kappa shape index (κ3) is 4.71. The van der Waals surface area contributed by atoms with Gasteiger partial charge in [-0.05, 0) is 6.92 Å². The Morgan fingerprint density at radius 3 is 2.45 bits per heavy atom. The lowest BCUT2D eigenvalue weighted by Gasteiger charge is -2.39. The van der Waals surface area contributed by atoms with Gasteiger partial charge in [0.05, 0.1) is 19.8 Å². The zero-order chi connectivity index (χ0) is 20.3. The summed E-state index contributed by atoms with van der Waals surface area (Å²) < 4.78 is 11.5. The molecule has 3 aliphatic rings. The maximum absolute atomic E-state index is 12.7.